The lowest BCUT2D eigenvalue weighted by molar-refractivity contribution is -0.626. The Bertz CT molecular complexity index is 1740. The number of aliphatic hydroxyl groups is 39. The van der Waals surface area contributed by atoms with E-state index in [4.69, 9.17) is 15.3 Å². The van der Waals surface area contributed by atoms with Gasteiger partial charge in [-0.15, -0.1) is 0 Å². The summed E-state index contributed by atoms with van der Waals surface area (Å²) in [6.07, 6.45) is 0. The molecule has 0 fully saturated rings. The number of esters is 1. The summed E-state index contributed by atoms with van der Waals surface area (Å²) in [6, 6.07) is 0. The van der Waals surface area contributed by atoms with E-state index in [-0.39, 0.29) is 0 Å². The molecule has 0 aromatic heterocycles. The molecule has 0 aliphatic carbocycles. The van der Waals surface area contributed by atoms with Crippen LogP contribution in [0.5, 0.6) is 0 Å². The average Bonchev–Trinajstić information content (AvgIpc) is 3.05. The Morgan fingerprint density at radius 2 is 0.354 bits per heavy atom. The summed E-state index contributed by atoms with van der Waals surface area (Å²) in [6.45, 7) is 2.53. The van der Waals surface area contributed by atoms with Gasteiger partial charge in [0.1, 0.15) is 5.60 Å². The molecule has 0 heterocycles. The highest BCUT2D eigenvalue weighted by Crippen LogP contribution is 2.53. The predicted molar refractivity (Wildman–Crippen MR) is 164 cm³/mol. The highest BCUT2D eigenvalue weighted by atomic mass is 16.8. The summed E-state index contributed by atoms with van der Waals surface area (Å²) in [5, 5.41) is 389. The van der Waals surface area contributed by atoms with Crippen LogP contribution in [0.15, 0.2) is 0 Å². The standard InChI is InChI=1S/C24H48O41/c1-5(2,3)65-4(25)6(26,27)7(28,29)8(30,31)9(32,33)10(34,35)11(36,37)12(38,39)13(40,41)14(42,43)15(44,45)16(46,47)17(48,49)18(50,51)19(52,53)20(54,55)21(56,57)22(58,59)23(60,61)24(62,63)64/h26-64H,1-3H3. The van der Waals surface area contributed by atoms with Gasteiger partial charge in [0, 0.05) is 0 Å². The molecule has 0 aliphatic heterocycles. The van der Waals surface area contributed by atoms with Crippen LogP contribution in [0.25, 0.3) is 0 Å². The van der Waals surface area contributed by atoms with Crippen LogP contribution in [0.2, 0.25) is 0 Å². The van der Waals surface area contributed by atoms with Crippen LogP contribution in [-0.2, 0) is 9.53 Å². The molecule has 0 aromatic rings. The molecule has 0 rings (SSSR count). The SMILES string of the molecule is CC(C)(C)OC(=O)C(O)(O)C(O)(O)C(O)(O)C(O)(O)C(O)(O)C(O)(O)C(O)(O)C(O)(O)C(O)(O)C(O)(O)C(O)(O)C(O)(O)C(O)(O)C(O)(O)C(O)(O)C(O)(O)C(O)(O)C(O)(O)C(O)(O)O. The van der Waals surface area contributed by atoms with Gasteiger partial charge < -0.3 is 204 Å². The first-order valence-electron chi connectivity index (χ1n) is 15.6. The Kier molecular flexibility index (Phi) is 15.0. The molecule has 0 radical (unpaired) electrons. The van der Waals surface area contributed by atoms with E-state index in [1.165, 1.54) is 0 Å². The molecule has 0 saturated carbocycles. The normalized spacial score (nSPS) is 17.1. The van der Waals surface area contributed by atoms with E-state index in [1.54, 1.807) is 0 Å². The van der Waals surface area contributed by atoms with Crippen molar-refractivity contribution in [3.8, 4) is 0 Å². The minimum Gasteiger partial charge on any atom is -0.456 e. The largest absolute Gasteiger partial charge is 0.456 e. The summed E-state index contributed by atoms with van der Waals surface area (Å²) in [5.41, 5.74) is -1.99. The molecule has 0 atom stereocenters. The second kappa shape index (κ2) is 15.5. The zero-order chi connectivity index (χ0) is 54.3. The molecule has 41 heteroatoms. The average molecular weight is 993 g/mol. The minimum atomic E-state index is -7.09. The first-order chi connectivity index (χ1) is 27.1. The lowest BCUT2D eigenvalue weighted by atomic mass is 9.72. The van der Waals surface area contributed by atoms with Gasteiger partial charge in [-0.3, -0.25) is 0 Å². The summed E-state index contributed by atoms with van der Waals surface area (Å²) in [4.78, 5) is 12.2. The van der Waals surface area contributed by atoms with Crippen LogP contribution in [0.3, 0.4) is 0 Å². The van der Waals surface area contributed by atoms with E-state index >= 15 is 0 Å². The van der Waals surface area contributed by atoms with Crippen molar-refractivity contribution in [2.75, 3.05) is 0 Å². The van der Waals surface area contributed by atoms with E-state index < -0.39 is 122 Å². The van der Waals surface area contributed by atoms with E-state index in [0.717, 1.165) is 20.8 Å². The van der Waals surface area contributed by atoms with E-state index in [0.29, 0.717) is 0 Å². The van der Waals surface area contributed by atoms with Crippen LogP contribution in [0.4, 0.5) is 0 Å². The van der Waals surface area contributed by atoms with E-state index in [9.17, 15) is 189 Å². The van der Waals surface area contributed by atoms with Gasteiger partial charge in [0.05, 0.1) is 0 Å². The Hall–Kier alpha value is -2.09. The number of carbonyl (C=O) groups is 1. The Morgan fingerprint density at radius 3 is 0.477 bits per heavy atom. The molecular formula is C24H48O41. The Balaban J connectivity index is 7.95. The number of hydrogen-bond acceptors (Lipinski definition) is 41. The summed E-state index contributed by atoms with van der Waals surface area (Å²) in [5.74, 6) is -129. The fourth-order valence-corrected chi connectivity index (χ4v) is 4.61. The molecular weight excluding hydrogens is 944 g/mol. The fraction of sp³-hybridized carbons (Fsp3) is 0.958. The molecule has 41 nitrogen and oxygen atoms in total. The van der Waals surface area contributed by atoms with Crippen molar-refractivity contribution in [1.82, 2.24) is 0 Å². The number of ether oxygens (including phenoxy) is 1. The Morgan fingerprint density at radius 1 is 0.231 bits per heavy atom. The number of hydrogen-bond donors (Lipinski definition) is 39. The molecule has 0 bridgehead atoms. The maximum atomic E-state index is 12.2. The molecule has 0 unspecified atom stereocenters. The highest BCUT2D eigenvalue weighted by molar-refractivity contribution is 5.79. The third-order valence-corrected chi connectivity index (χ3v) is 9.42. The third kappa shape index (κ3) is 7.61. The first kappa shape index (κ1) is 62.9. The number of rotatable bonds is 19. The molecule has 0 amide bonds. The lowest BCUT2D eigenvalue weighted by Gasteiger charge is -2.59. The maximum absolute atomic E-state index is 12.2. The van der Waals surface area contributed by atoms with Gasteiger partial charge in [-0.1, -0.05) is 0 Å². The molecule has 0 spiro atoms. The van der Waals surface area contributed by atoms with Crippen molar-refractivity contribution >= 4 is 5.97 Å². The summed E-state index contributed by atoms with van der Waals surface area (Å²) < 4.78 is 4.21. The quantitative estimate of drug-likeness (QED) is 0.0422. The Labute approximate surface area is 351 Å². The molecule has 0 aliphatic rings. The van der Waals surface area contributed by atoms with Crippen LogP contribution >= 0.6 is 0 Å². The third-order valence-electron chi connectivity index (χ3n) is 9.42. The zero-order valence-corrected chi connectivity index (χ0v) is 31.8. The molecule has 39 N–H and O–H groups in total. The van der Waals surface area contributed by atoms with Crippen molar-refractivity contribution in [2.45, 2.75) is 137 Å². The van der Waals surface area contributed by atoms with Crippen molar-refractivity contribution in [2.24, 2.45) is 0 Å². The van der Waals surface area contributed by atoms with Gasteiger partial charge in [0.2, 0.25) is 0 Å². The van der Waals surface area contributed by atoms with Crippen molar-refractivity contribution in [1.29, 1.82) is 0 Å². The molecule has 0 saturated heterocycles. The lowest BCUT2D eigenvalue weighted by Crippen LogP contribution is -2.94. The van der Waals surface area contributed by atoms with Crippen molar-refractivity contribution in [3.05, 3.63) is 0 Å². The summed E-state index contributed by atoms with van der Waals surface area (Å²) >= 11 is 0. The fourth-order valence-electron chi connectivity index (χ4n) is 4.61. The second-order valence-corrected chi connectivity index (χ2v) is 15.2. The number of carbonyl (C=O) groups excluding carboxylic acids is 1. The van der Waals surface area contributed by atoms with E-state index in [2.05, 4.69) is 4.74 Å². The van der Waals surface area contributed by atoms with Crippen molar-refractivity contribution in [3.63, 3.8) is 0 Å². The van der Waals surface area contributed by atoms with Gasteiger partial charge in [-0.25, -0.2) is 4.79 Å². The monoisotopic (exact) mass is 992 g/mol. The molecule has 390 valence electrons. The molecule has 0 aromatic carbocycles. The van der Waals surface area contributed by atoms with Crippen LogP contribution in [-0.4, -0.2) is 321 Å². The minimum absolute atomic E-state index is 0.845. The van der Waals surface area contributed by atoms with Crippen LogP contribution in [0, 0.1) is 0 Å². The predicted octanol–water partition coefficient (Wildman–Crippen LogP) is -24.8. The second-order valence-electron chi connectivity index (χ2n) is 15.2. The maximum Gasteiger partial charge on any atom is 0.373 e. The van der Waals surface area contributed by atoms with Gasteiger partial charge in [0.25, 0.3) is 92.6 Å². The smallest absolute Gasteiger partial charge is 0.373 e. The molecule has 65 heavy (non-hydrogen) atoms. The van der Waals surface area contributed by atoms with Crippen LogP contribution < -0.4 is 0 Å². The summed E-state index contributed by atoms with van der Waals surface area (Å²) in [7, 11) is 0. The van der Waals surface area contributed by atoms with Gasteiger partial charge in [0.15, 0.2) is 0 Å². The van der Waals surface area contributed by atoms with Gasteiger partial charge in [-0.2, -0.15) is 0 Å². The topological polar surface area (TPSA) is 815 Å². The van der Waals surface area contributed by atoms with Crippen molar-refractivity contribution < 1.29 is 209 Å². The van der Waals surface area contributed by atoms with Crippen LogP contribution in [0.1, 0.15) is 20.8 Å². The van der Waals surface area contributed by atoms with Gasteiger partial charge >= 0.3 is 23.5 Å². The van der Waals surface area contributed by atoms with E-state index in [1.807, 2.05) is 0 Å². The zero-order valence-electron chi connectivity index (χ0n) is 31.8. The first-order valence-corrected chi connectivity index (χ1v) is 15.6. The van der Waals surface area contributed by atoms with Gasteiger partial charge in [-0.05, 0) is 20.8 Å². The highest BCUT2D eigenvalue weighted by Gasteiger charge is 2.92.